The Kier molecular flexibility index (Phi) is 5.35. The average Bonchev–Trinajstić information content (AvgIpc) is 2.74. The molecule has 4 aromatic rings. The maximum absolute atomic E-state index is 5.84. The molecule has 0 bridgehead atoms. The number of anilines is 1. The zero-order valence-corrected chi connectivity index (χ0v) is 15.3. The molecule has 27 heavy (non-hydrogen) atoms. The van der Waals surface area contributed by atoms with Gasteiger partial charge in [-0.15, -0.1) is 0 Å². The van der Waals surface area contributed by atoms with Crippen molar-refractivity contribution in [1.82, 2.24) is 0 Å². The van der Waals surface area contributed by atoms with Crippen LogP contribution in [0.5, 0.6) is 5.75 Å². The van der Waals surface area contributed by atoms with E-state index in [1.54, 1.807) is 0 Å². The van der Waals surface area contributed by atoms with Gasteiger partial charge >= 0.3 is 0 Å². The molecule has 0 fully saturated rings. The molecule has 0 amide bonds. The van der Waals surface area contributed by atoms with Gasteiger partial charge in [-0.25, -0.2) is 0 Å². The van der Waals surface area contributed by atoms with E-state index >= 15 is 0 Å². The molecular formula is C25H23NO. The van der Waals surface area contributed by atoms with Crippen molar-refractivity contribution in [2.45, 2.75) is 13.0 Å². The Balaban J connectivity index is 1.31. The van der Waals surface area contributed by atoms with E-state index < -0.39 is 0 Å². The van der Waals surface area contributed by atoms with Crippen molar-refractivity contribution in [3.05, 3.63) is 108 Å². The van der Waals surface area contributed by atoms with E-state index in [0.29, 0.717) is 6.61 Å². The fourth-order valence-corrected chi connectivity index (χ4v) is 3.26. The first-order valence-corrected chi connectivity index (χ1v) is 9.36. The van der Waals surface area contributed by atoms with E-state index in [-0.39, 0.29) is 0 Å². The van der Waals surface area contributed by atoms with Crippen LogP contribution in [0.15, 0.2) is 97.1 Å². The van der Waals surface area contributed by atoms with Gasteiger partial charge < -0.3 is 10.1 Å². The Labute approximate surface area is 160 Å². The van der Waals surface area contributed by atoms with E-state index in [1.807, 2.05) is 30.3 Å². The van der Waals surface area contributed by atoms with Crippen LogP contribution < -0.4 is 10.1 Å². The molecule has 0 unspecified atom stereocenters. The Morgan fingerprint density at radius 1 is 0.667 bits per heavy atom. The summed E-state index contributed by atoms with van der Waals surface area (Å²) in [7, 11) is 0. The summed E-state index contributed by atoms with van der Waals surface area (Å²) in [5.41, 5.74) is 3.67. The Bertz CT molecular complexity index is 988. The number of rotatable bonds is 7. The van der Waals surface area contributed by atoms with Crippen molar-refractivity contribution in [2.24, 2.45) is 0 Å². The second-order valence-corrected chi connectivity index (χ2v) is 6.61. The molecule has 0 aliphatic rings. The zero-order chi connectivity index (χ0) is 18.3. The number of hydrogen-bond donors (Lipinski definition) is 1. The lowest BCUT2D eigenvalue weighted by molar-refractivity contribution is 0.306. The Morgan fingerprint density at radius 2 is 1.41 bits per heavy atom. The molecule has 0 saturated carbocycles. The largest absolute Gasteiger partial charge is 0.489 e. The van der Waals surface area contributed by atoms with Gasteiger partial charge in [0.25, 0.3) is 0 Å². The van der Waals surface area contributed by atoms with Crippen molar-refractivity contribution in [3.63, 3.8) is 0 Å². The Morgan fingerprint density at radius 3 is 2.26 bits per heavy atom. The van der Waals surface area contributed by atoms with Crippen LogP contribution in [-0.2, 0) is 13.0 Å². The van der Waals surface area contributed by atoms with E-state index in [0.717, 1.165) is 24.4 Å². The minimum atomic E-state index is 0.592. The predicted octanol–water partition coefficient (Wildman–Crippen LogP) is 6.07. The molecule has 0 aliphatic carbocycles. The molecule has 0 saturated heterocycles. The predicted molar refractivity (Wildman–Crippen MR) is 113 cm³/mol. The molecule has 0 spiro atoms. The normalized spacial score (nSPS) is 10.7. The highest BCUT2D eigenvalue weighted by molar-refractivity contribution is 5.85. The van der Waals surface area contributed by atoms with Crippen LogP contribution in [0.4, 0.5) is 5.69 Å². The first kappa shape index (κ1) is 17.2. The zero-order valence-electron chi connectivity index (χ0n) is 15.3. The van der Waals surface area contributed by atoms with Gasteiger partial charge in [0.1, 0.15) is 12.4 Å². The molecule has 4 rings (SSSR count). The second-order valence-electron chi connectivity index (χ2n) is 6.61. The van der Waals surface area contributed by atoms with E-state index in [9.17, 15) is 0 Å². The van der Waals surface area contributed by atoms with Gasteiger partial charge in [0.05, 0.1) is 0 Å². The summed E-state index contributed by atoms with van der Waals surface area (Å²) in [5.74, 6) is 0.887. The van der Waals surface area contributed by atoms with Crippen LogP contribution in [0.25, 0.3) is 10.8 Å². The van der Waals surface area contributed by atoms with Gasteiger partial charge in [-0.05, 0) is 52.6 Å². The van der Waals surface area contributed by atoms with Crippen molar-refractivity contribution in [3.8, 4) is 5.75 Å². The fraction of sp³-hybridized carbons (Fsp3) is 0.120. The number of nitrogens with one attached hydrogen (secondary N) is 1. The number of hydrogen-bond acceptors (Lipinski definition) is 2. The smallest absolute Gasteiger partial charge is 0.119 e. The third kappa shape index (κ3) is 4.48. The third-order valence-electron chi connectivity index (χ3n) is 4.71. The van der Waals surface area contributed by atoms with E-state index in [1.165, 1.54) is 21.9 Å². The highest BCUT2D eigenvalue weighted by Crippen LogP contribution is 2.20. The standard InChI is InChI=1S/C25H23NO/c1-2-7-20(8-3-1)19-27-24-15-13-23(14-16-24)26-18-17-22-11-6-10-21-9-4-5-12-25(21)22/h1-16,26H,17-19H2. The summed E-state index contributed by atoms with van der Waals surface area (Å²) < 4.78 is 5.84. The summed E-state index contributed by atoms with van der Waals surface area (Å²) in [6, 6.07) is 33.5. The van der Waals surface area contributed by atoms with Crippen LogP contribution in [0.3, 0.4) is 0 Å². The molecule has 134 valence electrons. The second kappa shape index (κ2) is 8.41. The lowest BCUT2D eigenvalue weighted by Crippen LogP contribution is -2.05. The summed E-state index contributed by atoms with van der Waals surface area (Å²) in [6.07, 6.45) is 0.994. The van der Waals surface area contributed by atoms with Crippen molar-refractivity contribution >= 4 is 16.5 Å². The molecule has 0 aliphatic heterocycles. The van der Waals surface area contributed by atoms with Gasteiger partial charge in [0, 0.05) is 12.2 Å². The quantitative estimate of drug-likeness (QED) is 0.435. The van der Waals surface area contributed by atoms with Crippen molar-refractivity contribution in [1.29, 1.82) is 0 Å². The van der Waals surface area contributed by atoms with Crippen LogP contribution in [0.2, 0.25) is 0 Å². The topological polar surface area (TPSA) is 21.3 Å². The molecule has 1 N–H and O–H groups in total. The Hall–Kier alpha value is -3.26. The molecule has 0 heterocycles. The van der Waals surface area contributed by atoms with Crippen molar-refractivity contribution in [2.75, 3.05) is 11.9 Å². The number of ether oxygens (including phenoxy) is 1. The minimum Gasteiger partial charge on any atom is -0.489 e. The summed E-state index contributed by atoms with van der Waals surface area (Å²) in [6.45, 7) is 1.49. The number of fused-ring (bicyclic) bond motifs is 1. The van der Waals surface area contributed by atoms with Gasteiger partial charge in [-0.3, -0.25) is 0 Å². The lowest BCUT2D eigenvalue weighted by atomic mass is 10.0. The summed E-state index contributed by atoms with van der Waals surface area (Å²) in [5, 5.41) is 6.14. The first-order valence-electron chi connectivity index (χ1n) is 9.36. The first-order chi connectivity index (χ1) is 13.4. The molecular weight excluding hydrogens is 330 g/mol. The molecule has 0 aromatic heterocycles. The van der Waals surface area contributed by atoms with Crippen LogP contribution in [-0.4, -0.2) is 6.54 Å². The van der Waals surface area contributed by atoms with Crippen LogP contribution >= 0.6 is 0 Å². The third-order valence-corrected chi connectivity index (χ3v) is 4.71. The van der Waals surface area contributed by atoms with Crippen LogP contribution in [0.1, 0.15) is 11.1 Å². The maximum Gasteiger partial charge on any atom is 0.119 e. The molecule has 0 radical (unpaired) electrons. The minimum absolute atomic E-state index is 0.592. The highest BCUT2D eigenvalue weighted by Gasteiger charge is 2.01. The SMILES string of the molecule is c1ccc(COc2ccc(NCCc3cccc4ccccc34)cc2)cc1. The average molecular weight is 353 g/mol. The molecule has 2 nitrogen and oxygen atoms in total. The van der Waals surface area contributed by atoms with Crippen molar-refractivity contribution < 1.29 is 4.74 Å². The van der Waals surface area contributed by atoms with E-state index in [4.69, 9.17) is 4.74 Å². The van der Waals surface area contributed by atoms with Gasteiger partial charge in [-0.1, -0.05) is 72.8 Å². The van der Waals surface area contributed by atoms with Gasteiger partial charge in [-0.2, -0.15) is 0 Å². The highest BCUT2D eigenvalue weighted by atomic mass is 16.5. The monoisotopic (exact) mass is 353 g/mol. The number of benzene rings is 4. The van der Waals surface area contributed by atoms with Gasteiger partial charge in [0.2, 0.25) is 0 Å². The molecule has 4 aromatic carbocycles. The molecule has 0 atom stereocenters. The maximum atomic E-state index is 5.84. The van der Waals surface area contributed by atoms with Gasteiger partial charge in [0.15, 0.2) is 0 Å². The van der Waals surface area contributed by atoms with E-state index in [2.05, 4.69) is 72.0 Å². The molecule has 2 heteroatoms. The lowest BCUT2D eigenvalue weighted by Gasteiger charge is -2.10. The van der Waals surface area contributed by atoms with Crippen LogP contribution in [0, 0.1) is 0 Å². The summed E-state index contributed by atoms with van der Waals surface area (Å²) >= 11 is 0. The fourth-order valence-electron chi connectivity index (χ4n) is 3.26. The summed E-state index contributed by atoms with van der Waals surface area (Å²) in [4.78, 5) is 0.